The van der Waals surface area contributed by atoms with Gasteiger partial charge in [-0.05, 0) is 18.2 Å². The van der Waals surface area contributed by atoms with Crippen LogP contribution < -0.4 is 5.32 Å². The van der Waals surface area contributed by atoms with Crippen LogP contribution in [-0.2, 0) is 6.54 Å². The van der Waals surface area contributed by atoms with E-state index in [-0.39, 0.29) is 6.54 Å². The van der Waals surface area contributed by atoms with Crippen LogP contribution in [0.3, 0.4) is 0 Å². The predicted molar refractivity (Wildman–Crippen MR) is 69.8 cm³/mol. The quantitative estimate of drug-likeness (QED) is 0.756. The van der Waals surface area contributed by atoms with E-state index in [1.807, 2.05) is 12.1 Å². The van der Waals surface area contributed by atoms with E-state index in [4.69, 9.17) is 0 Å². The van der Waals surface area contributed by atoms with Gasteiger partial charge in [0.1, 0.15) is 17.3 Å². The molecule has 0 unspecified atom stereocenters. The lowest BCUT2D eigenvalue weighted by molar-refractivity contribution is 0.574. The summed E-state index contributed by atoms with van der Waals surface area (Å²) in [5.74, 6) is -1.12. The molecular weight excluding hydrogens is 248 g/mol. The molecule has 0 fully saturated rings. The van der Waals surface area contributed by atoms with Gasteiger partial charge in [0, 0.05) is 36.0 Å². The topological polar surface area (TPSA) is 40.7 Å². The van der Waals surface area contributed by atoms with Gasteiger partial charge >= 0.3 is 0 Å². The fourth-order valence-corrected chi connectivity index (χ4v) is 1.96. The largest absolute Gasteiger partial charge is 0.379 e. The molecule has 0 saturated heterocycles. The lowest BCUT2D eigenvalue weighted by Crippen LogP contribution is -2.01. The predicted octanol–water partition coefficient (Wildman–Crippen LogP) is 3.45. The molecule has 2 heterocycles. The molecule has 3 rings (SSSR count). The molecule has 96 valence electrons. The maximum absolute atomic E-state index is 13.5. The molecule has 5 heteroatoms. The summed E-state index contributed by atoms with van der Waals surface area (Å²) >= 11 is 0. The number of nitrogens with zero attached hydrogens (tertiary/aromatic N) is 1. The van der Waals surface area contributed by atoms with Crippen molar-refractivity contribution in [2.45, 2.75) is 6.54 Å². The van der Waals surface area contributed by atoms with E-state index in [0.29, 0.717) is 5.56 Å². The Balaban J connectivity index is 1.82. The van der Waals surface area contributed by atoms with E-state index in [2.05, 4.69) is 15.3 Å². The third kappa shape index (κ3) is 2.27. The van der Waals surface area contributed by atoms with E-state index in [1.54, 1.807) is 12.4 Å². The lowest BCUT2D eigenvalue weighted by atomic mass is 10.2. The van der Waals surface area contributed by atoms with Crippen molar-refractivity contribution >= 4 is 16.7 Å². The highest BCUT2D eigenvalue weighted by Crippen LogP contribution is 2.22. The van der Waals surface area contributed by atoms with Crippen molar-refractivity contribution < 1.29 is 8.78 Å². The summed E-state index contributed by atoms with van der Waals surface area (Å²) in [7, 11) is 0. The summed E-state index contributed by atoms with van der Waals surface area (Å²) in [6.07, 6.45) is 3.47. The number of nitrogens with one attached hydrogen (secondary N) is 2. The van der Waals surface area contributed by atoms with Crippen molar-refractivity contribution in [1.29, 1.82) is 0 Å². The normalized spacial score (nSPS) is 10.8. The summed E-state index contributed by atoms with van der Waals surface area (Å²) in [5.41, 5.74) is 2.02. The molecule has 0 radical (unpaired) electrons. The smallest absolute Gasteiger partial charge is 0.139 e. The molecule has 1 aromatic carbocycles. The molecule has 3 aromatic rings. The van der Waals surface area contributed by atoms with Crippen LogP contribution in [0.2, 0.25) is 0 Å². The van der Waals surface area contributed by atoms with Gasteiger partial charge in [0.2, 0.25) is 0 Å². The number of benzene rings is 1. The van der Waals surface area contributed by atoms with Crippen LogP contribution in [0.1, 0.15) is 5.56 Å². The van der Waals surface area contributed by atoms with Gasteiger partial charge in [-0.25, -0.2) is 13.8 Å². The first-order valence-corrected chi connectivity index (χ1v) is 5.84. The van der Waals surface area contributed by atoms with Gasteiger partial charge in [0.05, 0.1) is 5.69 Å². The van der Waals surface area contributed by atoms with Crippen molar-refractivity contribution in [1.82, 2.24) is 9.97 Å². The highest BCUT2D eigenvalue weighted by atomic mass is 19.1. The Morgan fingerprint density at radius 2 is 2.11 bits per heavy atom. The fraction of sp³-hybridized carbons (Fsp3) is 0.0714. The Kier molecular flexibility index (Phi) is 2.87. The Bertz CT molecular complexity index is 722. The van der Waals surface area contributed by atoms with Gasteiger partial charge in [-0.15, -0.1) is 0 Å². The molecule has 19 heavy (non-hydrogen) atoms. The minimum atomic E-state index is -0.572. The van der Waals surface area contributed by atoms with Gasteiger partial charge in [-0.3, -0.25) is 0 Å². The molecule has 0 atom stereocenters. The van der Waals surface area contributed by atoms with Gasteiger partial charge in [-0.2, -0.15) is 0 Å². The molecule has 0 amide bonds. The van der Waals surface area contributed by atoms with Crippen molar-refractivity contribution in [3.05, 3.63) is 59.9 Å². The number of hydrogen-bond donors (Lipinski definition) is 2. The second-order valence-electron chi connectivity index (χ2n) is 4.19. The first kappa shape index (κ1) is 11.6. The van der Waals surface area contributed by atoms with E-state index >= 15 is 0 Å². The monoisotopic (exact) mass is 259 g/mol. The van der Waals surface area contributed by atoms with Gasteiger partial charge in [-0.1, -0.05) is 6.07 Å². The molecule has 0 aliphatic carbocycles. The summed E-state index contributed by atoms with van der Waals surface area (Å²) in [6, 6.07) is 7.32. The lowest BCUT2D eigenvalue weighted by Gasteiger charge is -2.06. The number of fused-ring (bicyclic) bond motifs is 1. The van der Waals surface area contributed by atoms with E-state index in [1.165, 1.54) is 12.1 Å². The number of pyridine rings is 1. The molecule has 0 saturated carbocycles. The zero-order chi connectivity index (χ0) is 13.2. The zero-order valence-corrected chi connectivity index (χ0v) is 9.95. The maximum atomic E-state index is 13.5. The van der Waals surface area contributed by atoms with Gasteiger partial charge in [0.25, 0.3) is 0 Å². The SMILES string of the molecule is Fc1ccc(CNc2c[nH]c3ncccc23)c(F)c1. The van der Waals surface area contributed by atoms with E-state index in [9.17, 15) is 8.78 Å². The molecule has 2 aromatic heterocycles. The molecule has 0 bridgehead atoms. The Morgan fingerprint density at radius 1 is 1.21 bits per heavy atom. The van der Waals surface area contributed by atoms with Crippen LogP contribution in [0.15, 0.2) is 42.7 Å². The molecule has 2 N–H and O–H groups in total. The number of aromatic amines is 1. The number of anilines is 1. The molecule has 0 aliphatic heterocycles. The number of aromatic nitrogens is 2. The van der Waals surface area contributed by atoms with Crippen molar-refractivity contribution in [3.8, 4) is 0 Å². The van der Waals surface area contributed by atoms with Crippen LogP contribution in [-0.4, -0.2) is 9.97 Å². The van der Waals surface area contributed by atoms with Crippen molar-refractivity contribution in [2.24, 2.45) is 0 Å². The van der Waals surface area contributed by atoms with Crippen LogP contribution in [0.25, 0.3) is 11.0 Å². The summed E-state index contributed by atoms with van der Waals surface area (Å²) in [5, 5.41) is 4.05. The van der Waals surface area contributed by atoms with Crippen molar-refractivity contribution in [2.75, 3.05) is 5.32 Å². The first-order valence-electron chi connectivity index (χ1n) is 5.84. The Hall–Kier alpha value is -2.43. The minimum Gasteiger partial charge on any atom is -0.379 e. The number of halogens is 2. The average molecular weight is 259 g/mol. The third-order valence-electron chi connectivity index (χ3n) is 2.94. The Morgan fingerprint density at radius 3 is 2.95 bits per heavy atom. The number of hydrogen-bond acceptors (Lipinski definition) is 2. The van der Waals surface area contributed by atoms with Crippen molar-refractivity contribution in [3.63, 3.8) is 0 Å². The third-order valence-corrected chi connectivity index (χ3v) is 2.94. The fourth-order valence-electron chi connectivity index (χ4n) is 1.96. The minimum absolute atomic E-state index is 0.286. The van der Waals surface area contributed by atoms with E-state index in [0.717, 1.165) is 22.8 Å². The summed E-state index contributed by atoms with van der Waals surface area (Å²) < 4.78 is 26.3. The second kappa shape index (κ2) is 4.68. The standard InChI is InChI=1S/C14H11F2N3/c15-10-4-3-9(12(16)6-10)7-18-13-8-19-14-11(13)2-1-5-17-14/h1-6,8,18H,7H2,(H,17,19). The molecule has 0 aliphatic rings. The summed E-state index contributed by atoms with van der Waals surface area (Å²) in [6.45, 7) is 0.286. The highest BCUT2D eigenvalue weighted by molar-refractivity contribution is 5.89. The van der Waals surface area contributed by atoms with Crippen LogP contribution >= 0.6 is 0 Å². The highest BCUT2D eigenvalue weighted by Gasteiger charge is 2.06. The van der Waals surface area contributed by atoms with Crippen LogP contribution in [0, 0.1) is 11.6 Å². The van der Waals surface area contributed by atoms with Crippen LogP contribution in [0.4, 0.5) is 14.5 Å². The average Bonchev–Trinajstić information content (AvgIpc) is 2.81. The molecule has 3 nitrogen and oxygen atoms in total. The molecular formula is C14H11F2N3. The van der Waals surface area contributed by atoms with Gasteiger partial charge in [0.15, 0.2) is 0 Å². The summed E-state index contributed by atoms with van der Waals surface area (Å²) in [4.78, 5) is 7.19. The van der Waals surface area contributed by atoms with Gasteiger partial charge < -0.3 is 10.3 Å². The number of rotatable bonds is 3. The first-order chi connectivity index (χ1) is 9.24. The number of H-pyrrole nitrogens is 1. The Labute approximate surface area is 108 Å². The molecule has 0 spiro atoms. The maximum Gasteiger partial charge on any atom is 0.139 e. The zero-order valence-electron chi connectivity index (χ0n) is 9.95. The second-order valence-corrected chi connectivity index (χ2v) is 4.19. The van der Waals surface area contributed by atoms with E-state index < -0.39 is 11.6 Å². The van der Waals surface area contributed by atoms with Crippen LogP contribution in [0.5, 0.6) is 0 Å².